The molecule has 32 heavy (non-hydrogen) atoms. The molecule has 7 nitrogen and oxygen atoms in total. The molecule has 1 heterocycles. The third kappa shape index (κ3) is 4.00. The van der Waals surface area contributed by atoms with Crippen LogP contribution >= 0.6 is 0 Å². The second-order valence-electron chi connectivity index (χ2n) is 7.46. The monoisotopic (exact) mass is 428 g/mol. The van der Waals surface area contributed by atoms with Gasteiger partial charge in [0.25, 0.3) is 17.7 Å². The number of hydrogen-bond donors (Lipinski definition) is 1. The topological polar surface area (TPSA) is 92.8 Å². The van der Waals surface area contributed by atoms with Gasteiger partial charge >= 0.3 is 5.97 Å². The molecule has 0 atom stereocenters. The summed E-state index contributed by atoms with van der Waals surface area (Å²) in [5.74, 6) is -2.12. The molecule has 0 bridgehead atoms. The standard InChI is InChI=1S/C25H20N2O5/c1-15-10-11-18(12-16(15)2)26-22(28)14-32-25(31)17-6-5-7-19(13-17)27-23(29)20-8-3-4-9-21(20)24(27)30/h3-13H,14H2,1-2H3,(H,26,28). The minimum Gasteiger partial charge on any atom is -0.452 e. The number of anilines is 2. The summed E-state index contributed by atoms with van der Waals surface area (Å²) >= 11 is 0. The molecule has 1 N–H and O–H groups in total. The van der Waals surface area contributed by atoms with E-state index < -0.39 is 30.3 Å². The van der Waals surface area contributed by atoms with E-state index >= 15 is 0 Å². The average Bonchev–Trinajstić information content (AvgIpc) is 3.05. The van der Waals surface area contributed by atoms with Gasteiger partial charge in [0, 0.05) is 5.69 Å². The molecule has 0 aromatic heterocycles. The summed E-state index contributed by atoms with van der Waals surface area (Å²) < 4.78 is 5.11. The van der Waals surface area contributed by atoms with Gasteiger partial charge in [-0.3, -0.25) is 14.4 Å². The Balaban J connectivity index is 1.43. The van der Waals surface area contributed by atoms with Crippen LogP contribution in [0.4, 0.5) is 11.4 Å². The van der Waals surface area contributed by atoms with Gasteiger partial charge in [0.1, 0.15) is 0 Å². The highest BCUT2D eigenvalue weighted by molar-refractivity contribution is 6.34. The maximum Gasteiger partial charge on any atom is 0.338 e. The van der Waals surface area contributed by atoms with Gasteiger partial charge in [0.05, 0.1) is 22.4 Å². The predicted molar refractivity (Wildman–Crippen MR) is 119 cm³/mol. The maximum absolute atomic E-state index is 12.7. The molecule has 0 unspecified atom stereocenters. The van der Waals surface area contributed by atoms with Crippen molar-refractivity contribution in [3.8, 4) is 0 Å². The summed E-state index contributed by atoms with van der Waals surface area (Å²) in [6.07, 6.45) is 0. The van der Waals surface area contributed by atoms with Crippen LogP contribution < -0.4 is 10.2 Å². The van der Waals surface area contributed by atoms with Crippen molar-refractivity contribution in [2.24, 2.45) is 0 Å². The molecule has 3 aromatic carbocycles. The molecular formula is C25H20N2O5. The van der Waals surface area contributed by atoms with Gasteiger partial charge in [-0.2, -0.15) is 0 Å². The van der Waals surface area contributed by atoms with Crippen LogP contribution in [0.25, 0.3) is 0 Å². The van der Waals surface area contributed by atoms with Crippen LogP contribution in [0.5, 0.6) is 0 Å². The fourth-order valence-electron chi connectivity index (χ4n) is 3.43. The number of carbonyl (C=O) groups excluding carboxylic acids is 4. The van der Waals surface area contributed by atoms with Crippen LogP contribution in [0.3, 0.4) is 0 Å². The van der Waals surface area contributed by atoms with Crippen LogP contribution in [-0.2, 0) is 9.53 Å². The normalized spacial score (nSPS) is 12.5. The summed E-state index contributed by atoms with van der Waals surface area (Å²) in [5.41, 5.74) is 3.75. The quantitative estimate of drug-likeness (QED) is 0.492. The second kappa shape index (κ2) is 8.47. The lowest BCUT2D eigenvalue weighted by Gasteiger charge is -2.15. The number of hydrogen-bond acceptors (Lipinski definition) is 5. The first kappa shape index (κ1) is 21.0. The molecule has 1 aliphatic rings. The summed E-state index contributed by atoms with van der Waals surface area (Å²) in [7, 11) is 0. The smallest absolute Gasteiger partial charge is 0.338 e. The molecular weight excluding hydrogens is 408 g/mol. The van der Waals surface area contributed by atoms with Crippen molar-refractivity contribution in [3.63, 3.8) is 0 Å². The van der Waals surface area contributed by atoms with E-state index in [0.717, 1.165) is 16.0 Å². The van der Waals surface area contributed by atoms with Crippen LogP contribution in [0, 0.1) is 13.8 Å². The molecule has 3 aromatic rings. The van der Waals surface area contributed by atoms with Gasteiger partial charge in [-0.25, -0.2) is 9.69 Å². The summed E-state index contributed by atoms with van der Waals surface area (Å²) in [6, 6.07) is 18.0. The Labute approximate surface area is 184 Å². The van der Waals surface area contributed by atoms with Gasteiger partial charge in [0.15, 0.2) is 6.61 Å². The van der Waals surface area contributed by atoms with E-state index in [9.17, 15) is 19.2 Å². The number of rotatable bonds is 5. The predicted octanol–water partition coefficient (Wildman–Crippen LogP) is 3.90. The molecule has 0 aliphatic carbocycles. The van der Waals surface area contributed by atoms with Gasteiger partial charge < -0.3 is 10.1 Å². The minimum atomic E-state index is -0.737. The average molecular weight is 428 g/mol. The van der Waals surface area contributed by atoms with E-state index in [4.69, 9.17) is 4.74 Å². The molecule has 1 aliphatic heterocycles. The second-order valence-corrected chi connectivity index (χ2v) is 7.46. The van der Waals surface area contributed by atoms with Gasteiger partial charge in [-0.05, 0) is 67.4 Å². The molecule has 0 saturated carbocycles. The molecule has 0 radical (unpaired) electrons. The SMILES string of the molecule is Cc1ccc(NC(=O)COC(=O)c2cccc(N3C(=O)c4ccccc4C3=O)c2)cc1C. The Bertz CT molecular complexity index is 1230. The molecule has 160 valence electrons. The molecule has 0 spiro atoms. The van der Waals surface area contributed by atoms with Crippen LogP contribution in [0.2, 0.25) is 0 Å². The van der Waals surface area contributed by atoms with E-state index in [0.29, 0.717) is 16.8 Å². The first-order valence-electron chi connectivity index (χ1n) is 9.97. The van der Waals surface area contributed by atoms with Crippen LogP contribution in [0.1, 0.15) is 42.2 Å². The fourth-order valence-corrected chi connectivity index (χ4v) is 3.43. The van der Waals surface area contributed by atoms with Gasteiger partial charge in [0.2, 0.25) is 0 Å². The molecule has 4 rings (SSSR count). The molecule has 0 saturated heterocycles. The van der Waals surface area contributed by atoms with E-state index in [1.807, 2.05) is 26.0 Å². The number of esters is 1. The fraction of sp³-hybridized carbons (Fsp3) is 0.120. The zero-order valence-corrected chi connectivity index (χ0v) is 17.5. The Hall–Kier alpha value is -4.26. The van der Waals surface area contributed by atoms with E-state index in [1.54, 1.807) is 42.5 Å². The number of nitrogens with one attached hydrogen (secondary N) is 1. The number of ether oxygens (including phenoxy) is 1. The van der Waals surface area contributed by atoms with E-state index in [2.05, 4.69) is 5.32 Å². The number of fused-ring (bicyclic) bond motifs is 1. The third-order valence-electron chi connectivity index (χ3n) is 5.26. The van der Waals surface area contributed by atoms with E-state index in [1.165, 1.54) is 12.1 Å². The summed E-state index contributed by atoms with van der Waals surface area (Å²) in [5, 5.41) is 2.68. The molecule has 3 amide bonds. The first-order valence-corrected chi connectivity index (χ1v) is 9.97. The highest BCUT2D eigenvalue weighted by atomic mass is 16.5. The first-order chi connectivity index (χ1) is 15.3. The molecule has 0 fully saturated rings. The highest BCUT2D eigenvalue weighted by Crippen LogP contribution is 2.28. The van der Waals surface area contributed by atoms with Crippen molar-refractivity contribution in [1.29, 1.82) is 0 Å². The number of aryl methyl sites for hydroxylation is 2. The van der Waals surface area contributed by atoms with Gasteiger partial charge in [-0.1, -0.05) is 24.3 Å². The Morgan fingerprint density at radius 2 is 1.53 bits per heavy atom. The molecule has 7 heteroatoms. The third-order valence-corrected chi connectivity index (χ3v) is 5.26. The summed E-state index contributed by atoms with van der Waals surface area (Å²) in [6.45, 7) is 3.44. The van der Waals surface area contributed by atoms with E-state index in [-0.39, 0.29) is 11.3 Å². The van der Waals surface area contributed by atoms with Crippen molar-refractivity contribution < 1.29 is 23.9 Å². The van der Waals surface area contributed by atoms with Crippen molar-refractivity contribution in [2.45, 2.75) is 13.8 Å². The lowest BCUT2D eigenvalue weighted by molar-refractivity contribution is -0.119. The Kier molecular flexibility index (Phi) is 5.55. The number of imide groups is 1. The van der Waals surface area contributed by atoms with Crippen molar-refractivity contribution >= 4 is 35.1 Å². The van der Waals surface area contributed by atoms with Crippen LogP contribution in [0.15, 0.2) is 66.7 Å². The van der Waals surface area contributed by atoms with Crippen molar-refractivity contribution in [1.82, 2.24) is 0 Å². The number of benzene rings is 3. The lowest BCUT2D eigenvalue weighted by atomic mass is 10.1. The minimum absolute atomic E-state index is 0.123. The number of carbonyl (C=O) groups is 4. The van der Waals surface area contributed by atoms with Crippen molar-refractivity contribution in [2.75, 3.05) is 16.8 Å². The zero-order chi connectivity index (χ0) is 22.8. The maximum atomic E-state index is 12.7. The number of amides is 3. The van der Waals surface area contributed by atoms with Gasteiger partial charge in [-0.15, -0.1) is 0 Å². The Morgan fingerprint density at radius 1 is 0.844 bits per heavy atom. The number of nitrogens with zero attached hydrogens (tertiary/aromatic N) is 1. The Morgan fingerprint density at radius 3 is 2.19 bits per heavy atom. The zero-order valence-electron chi connectivity index (χ0n) is 17.5. The largest absolute Gasteiger partial charge is 0.452 e. The van der Waals surface area contributed by atoms with Crippen LogP contribution in [-0.4, -0.2) is 30.3 Å². The summed E-state index contributed by atoms with van der Waals surface area (Å²) in [4.78, 5) is 50.9. The highest BCUT2D eigenvalue weighted by Gasteiger charge is 2.36. The lowest BCUT2D eigenvalue weighted by Crippen LogP contribution is -2.29. The van der Waals surface area contributed by atoms with Crippen molar-refractivity contribution in [3.05, 3.63) is 94.5 Å².